The molecular weight excluding hydrogens is 188 g/mol. The van der Waals surface area contributed by atoms with Gasteiger partial charge in [0.05, 0.1) is 12.7 Å². The molecule has 0 spiro atoms. The van der Waals surface area contributed by atoms with Crippen molar-refractivity contribution in [3.63, 3.8) is 0 Å². The average molecular weight is 204 g/mol. The highest BCUT2D eigenvalue weighted by Gasteiger charge is 2.13. The molecule has 0 aliphatic heterocycles. The maximum atomic E-state index is 11.5. The van der Waals surface area contributed by atoms with Crippen LogP contribution in [0.4, 0.5) is 0 Å². The van der Waals surface area contributed by atoms with E-state index in [1.807, 2.05) is 31.2 Å². The first-order valence-electron chi connectivity index (χ1n) is 5.07. The summed E-state index contributed by atoms with van der Waals surface area (Å²) in [6.45, 7) is 3.92. The van der Waals surface area contributed by atoms with E-state index in [0.717, 1.165) is 17.5 Å². The summed E-state index contributed by atoms with van der Waals surface area (Å²) in [7, 11) is 1.40. The topological polar surface area (TPSA) is 26.3 Å². The van der Waals surface area contributed by atoms with Crippen LogP contribution in [0.15, 0.2) is 30.3 Å². The van der Waals surface area contributed by atoms with Gasteiger partial charge in [-0.1, -0.05) is 37.3 Å². The number of aryl methyl sites for hydroxylation is 1. The maximum absolute atomic E-state index is 11.5. The number of esters is 1. The van der Waals surface area contributed by atoms with Crippen molar-refractivity contribution < 1.29 is 9.53 Å². The number of carbonyl (C=O) groups is 1. The highest BCUT2D eigenvalue weighted by atomic mass is 16.5. The zero-order chi connectivity index (χ0) is 11.3. The van der Waals surface area contributed by atoms with Crippen LogP contribution in [0.3, 0.4) is 0 Å². The molecule has 0 fully saturated rings. The molecule has 0 aliphatic rings. The van der Waals surface area contributed by atoms with E-state index in [4.69, 9.17) is 4.74 Å². The summed E-state index contributed by atoms with van der Waals surface area (Å²) >= 11 is 0. The second-order valence-corrected chi connectivity index (χ2v) is 3.20. The second kappa shape index (κ2) is 5.35. The average Bonchev–Trinajstić information content (AvgIpc) is 2.30. The molecule has 0 aliphatic carbocycles. The Bertz CT molecular complexity index is 378. The van der Waals surface area contributed by atoms with Crippen LogP contribution in [0, 0.1) is 0 Å². The predicted molar refractivity (Wildman–Crippen MR) is 61.5 cm³/mol. The Morgan fingerprint density at radius 1 is 1.40 bits per heavy atom. The number of carbonyl (C=O) groups excluding carboxylic acids is 1. The molecule has 0 saturated carbocycles. The van der Waals surface area contributed by atoms with Crippen molar-refractivity contribution in [2.24, 2.45) is 0 Å². The summed E-state index contributed by atoms with van der Waals surface area (Å²) in [6, 6.07) is 7.89. The third-order valence-electron chi connectivity index (χ3n) is 2.38. The van der Waals surface area contributed by atoms with Gasteiger partial charge in [0.2, 0.25) is 0 Å². The minimum Gasteiger partial charge on any atom is -0.465 e. The summed E-state index contributed by atoms with van der Waals surface area (Å²) in [4.78, 5) is 11.5. The highest BCUT2D eigenvalue weighted by Crippen LogP contribution is 2.20. The zero-order valence-corrected chi connectivity index (χ0v) is 9.41. The smallest absolute Gasteiger partial charge is 0.338 e. The molecule has 0 radical (unpaired) electrons. The summed E-state index contributed by atoms with van der Waals surface area (Å²) in [6.07, 6.45) is 2.70. The Balaban J connectivity index is 3.18. The van der Waals surface area contributed by atoms with Crippen molar-refractivity contribution in [1.29, 1.82) is 0 Å². The number of methoxy groups -OCH3 is 1. The third kappa shape index (κ3) is 2.46. The van der Waals surface area contributed by atoms with Crippen LogP contribution >= 0.6 is 0 Å². The minimum atomic E-state index is -0.279. The molecule has 0 unspecified atom stereocenters. The molecular formula is C13H16O2. The normalized spacial score (nSPS) is 11.3. The Labute approximate surface area is 90.6 Å². The molecule has 0 N–H and O–H groups in total. The van der Waals surface area contributed by atoms with Gasteiger partial charge < -0.3 is 4.74 Å². The Hall–Kier alpha value is -1.57. The molecule has 1 aromatic carbocycles. The Morgan fingerprint density at radius 2 is 2.07 bits per heavy atom. The van der Waals surface area contributed by atoms with Crippen LogP contribution in [0.25, 0.3) is 5.57 Å². The van der Waals surface area contributed by atoms with Crippen molar-refractivity contribution in [2.45, 2.75) is 20.3 Å². The van der Waals surface area contributed by atoms with Gasteiger partial charge in [0, 0.05) is 0 Å². The minimum absolute atomic E-state index is 0.279. The first-order valence-corrected chi connectivity index (χ1v) is 5.07. The van der Waals surface area contributed by atoms with Crippen molar-refractivity contribution in [2.75, 3.05) is 7.11 Å². The van der Waals surface area contributed by atoms with E-state index in [9.17, 15) is 4.79 Å². The maximum Gasteiger partial charge on any atom is 0.338 e. The molecule has 0 atom stereocenters. The first-order chi connectivity index (χ1) is 7.24. The summed E-state index contributed by atoms with van der Waals surface area (Å²) < 4.78 is 4.75. The van der Waals surface area contributed by atoms with Gasteiger partial charge in [-0.05, 0) is 24.5 Å². The lowest BCUT2D eigenvalue weighted by molar-refractivity contribution is -0.133. The fourth-order valence-electron chi connectivity index (χ4n) is 1.58. The molecule has 80 valence electrons. The van der Waals surface area contributed by atoms with E-state index in [-0.39, 0.29) is 5.97 Å². The molecule has 0 bridgehead atoms. The van der Waals surface area contributed by atoms with Crippen LogP contribution in [0.2, 0.25) is 0 Å². The third-order valence-corrected chi connectivity index (χ3v) is 2.38. The van der Waals surface area contributed by atoms with Crippen LogP contribution in [-0.4, -0.2) is 13.1 Å². The van der Waals surface area contributed by atoms with Gasteiger partial charge in [-0.2, -0.15) is 0 Å². The van der Waals surface area contributed by atoms with Crippen LogP contribution < -0.4 is 0 Å². The summed E-state index contributed by atoms with van der Waals surface area (Å²) in [5.74, 6) is -0.279. The molecule has 0 amide bonds. The van der Waals surface area contributed by atoms with E-state index in [1.54, 1.807) is 6.08 Å². The Kier molecular flexibility index (Phi) is 4.10. The van der Waals surface area contributed by atoms with E-state index in [0.29, 0.717) is 5.57 Å². The van der Waals surface area contributed by atoms with Crippen molar-refractivity contribution in [1.82, 2.24) is 0 Å². The van der Waals surface area contributed by atoms with E-state index < -0.39 is 0 Å². The number of ether oxygens (including phenoxy) is 1. The molecule has 0 heterocycles. The molecule has 1 rings (SSSR count). The largest absolute Gasteiger partial charge is 0.465 e. The van der Waals surface area contributed by atoms with Gasteiger partial charge >= 0.3 is 5.97 Å². The molecule has 0 saturated heterocycles. The number of allylic oxidation sites excluding steroid dienone is 1. The van der Waals surface area contributed by atoms with E-state index in [1.165, 1.54) is 7.11 Å². The number of hydrogen-bond donors (Lipinski definition) is 0. The van der Waals surface area contributed by atoms with Gasteiger partial charge in [-0.25, -0.2) is 4.79 Å². The van der Waals surface area contributed by atoms with Crippen LogP contribution in [0.1, 0.15) is 25.0 Å². The first kappa shape index (κ1) is 11.5. The lowest BCUT2D eigenvalue weighted by atomic mass is 9.98. The number of rotatable bonds is 3. The second-order valence-electron chi connectivity index (χ2n) is 3.20. The Morgan fingerprint density at radius 3 is 2.60 bits per heavy atom. The van der Waals surface area contributed by atoms with Crippen molar-refractivity contribution >= 4 is 11.5 Å². The fraction of sp³-hybridized carbons (Fsp3) is 0.308. The van der Waals surface area contributed by atoms with E-state index >= 15 is 0 Å². The summed E-state index contributed by atoms with van der Waals surface area (Å²) in [5.41, 5.74) is 2.76. The van der Waals surface area contributed by atoms with Gasteiger partial charge in [0.1, 0.15) is 0 Å². The fourth-order valence-corrected chi connectivity index (χ4v) is 1.58. The summed E-state index contributed by atoms with van der Waals surface area (Å²) in [5, 5.41) is 0. The molecule has 2 nitrogen and oxygen atoms in total. The van der Waals surface area contributed by atoms with Gasteiger partial charge in [-0.15, -0.1) is 0 Å². The number of benzene rings is 1. The standard InChI is InChI=1S/C13H16O2/c1-4-10-8-6-7-9-12(10)11(5-2)13(14)15-3/h5-9H,4H2,1-3H3. The van der Waals surface area contributed by atoms with Gasteiger partial charge in [0.25, 0.3) is 0 Å². The molecule has 15 heavy (non-hydrogen) atoms. The zero-order valence-electron chi connectivity index (χ0n) is 9.41. The lowest BCUT2D eigenvalue weighted by Gasteiger charge is -2.09. The lowest BCUT2D eigenvalue weighted by Crippen LogP contribution is -2.05. The predicted octanol–water partition coefficient (Wildman–Crippen LogP) is 2.83. The van der Waals surface area contributed by atoms with Crippen molar-refractivity contribution in [3.8, 4) is 0 Å². The van der Waals surface area contributed by atoms with Gasteiger partial charge in [-0.3, -0.25) is 0 Å². The van der Waals surface area contributed by atoms with Crippen LogP contribution in [0.5, 0.6) is 0 Å². The van der Waals surface area contributed by atoms with Crippen LogP contribution in [-0.2, 0) is 16.0 Å². The number of hydrogen-bond acceptors (Lipinski definition) is 2. The highest BCUT2D eigenvalue weighted by molar-refractivity contribution is 6.16. The van der Waals surface area contributed by atoms with Crippen molar-refractivity contribution in [3.05, 3.63) is 41.5 Å². The van der Waals surface area contributed by atoms with E-state index in [2.05, 4.69) is 6.92 Å². The van der Waals surface area contributed by atoms with Gasteiger partial charge in [0.15, 0.2) is 0 Å². The molecule has 2 heteroatoms. The SMILES string of the molecule is CC=C(C(=O)OC)c1ccccc1CC. The molecule has 0 aromatic heterocycles. The molecule has 1 aromatic rings. The monoisotopic (exact) mass is 204 g/mol. The quantitative estimate of drug-likeness (QED) is 0.559.